The summed E-state index contributed by atoms with van der Waals surface area (Å²) in [6.45, 7) is 4.14. The second kappa shape index (κ2) is 7.01. The van der Waals surface area contributed by atoms with Gasteiger partial charge >= 0.3 is 0 Å². The molecule has 0 spiro atoms. The van der Waals surface area contributed by atoms with Crippen LogP contribution in [-0.2, 0) is 4.79 Å². The van der Waals surface area contributed by atoms with Crippen molar-refractivity contribution in [3.8, 4) is 11.5 Å². The number of rotatable bonds is 6. The topological polar surface area (TPSA) is 90.7 Å². The maximum Gasteiger partial charge on any atom is 0.253 e. The molecule has 6 nitrogen and oxygen atoms in total. The standard InChI is InChI=1S/C19H21N2O4/c1-11(2)25-17-9-14-12(8-15(17)19(20)23)4-3-5-16(14)24-10-13-6-7-18(22)21-13/h3-5,9,11,13H,6-7,10H2,1-2H3,(H2,20,23)(H,21,22)/t13-/m0/s1. The summed E-state index contributed by atoms with van der Waals surface area (Å²) in [6.07, 6.45) is 1.19. The van der Waals surface area contributed by atoms with E-state index >= 15 is 0 Å². The molecular weight excluding hydrogens is 320 g/mol. The van der Waals surface area contributed by atoms with Crippen molar-refractivity contribution in [3.05, 3.63) is 35.9 Å². The lowest BCUT2D eigenvalue weighted by Crippen LogP contribution is -2.30. The van der Waals surface area contributed by atoms with E-state index in [4.69, 9.17) is 15.2 Å². The van der Waals surface area contributed by atoms with Gasteiger partial charge < -0.3 is 20.5 Å². The number of ether oxygens (including phenoxy) is 2. The first kappa shape index (κ1) is 17.1. The van der Waals surface area contributed by atoms with E-state index in [1.807, 2.05) is 32.0 Å². The number of nitrogens with one attached hydrogen (secondary N) is 1. The molecule has 2 aromatic carbocycles. The molecule has 1 aliphatic heterocycles. The average molecular weight is 341 g/mol. The Morgan fingerprint density at radius 2 is 2.20 bits per heavy atom. The van der Waals surface area contributed by atoms with E-state index in [1.165, 1.54) is 0 Å². The lowest BCUT2D eigenvalue weighted by Gasteiger charge is -2.16. The van der Waals surface area contributed by atoms with Crippen LogP contribution < -0.4 is 20.5 Å². The van der Waals surface area contributed by atoms with Gasteiger partial charge in [-0.05, 0) is 37.8 Å². The van der Waals surface area contributed by atoms with E-state index in [0.717, 1.165) is 17.2 Å². The van der Waals surface area contributed by atoms with Gasteiger partial charge in [0.05, 0.1) is 17.7 Å². The Bertz CT molecular complexity index is 816. The van der Waals surface area contributed by atoms with Crippen molar-refractivity contribution in [2.45, 2.75) is 38.8 Å². The maximum absolute atomic E-state index is 11.7. The number of carbonyl (C=O) groups is 2. The monoisotopic (exact) mass is 341 g/mol. The predicted molar refractivity (Wildman–Crippen MR) is 93.7 cm³/mol. The summed E-state index contributed by atoms with van der Waals surface area (Å²) < 4.78 is 11.6. The summed E-state index contributed by atoms with van der Waals surface area (Å²) in [7, 11) is 0. The Morgan fingerprint density at radius 1 is 1.40 bits per heavy atom. The van der Waals surface area contributed by atoms with Crippen LogP contribution in [-0.4, -0.2) is 30.6 Å². The molecule has 131 valence electrons. The highest BCUT2D eigenvalue weighted by Crippen LogP contribution is 2.32. The molecule has 1 fully saturated rings. The van der Waals surface area contributed by atoms with Gasteiger partial charge in [0.15, 0.2) is 0 Å². The van der Waals surface area contributed by atoms with Crippen molar-refractivity contribution in [2.75, 3.05) is 6.61 Å². The number of hydrogen-bond donors (Lipinski definition) is 2. The normalized spacial score (nSPS) is 16.9. The van der Waals surface area contributed by atoms with Crippen molar-refractivity contribution in [2.24, 2.45) is 5.73 Å². The number of fused-ring (bicyclic) bond motifs is 1. The van der Waals surface area contributed by atoms with Gasteiger partial charge in [0, 0.05) is 17.9 Å². The summed E-state index contributed by atoms with van der Waals surface area (Å²) in [6, 6.07) is 10.3. The molecule has 3 N–H and O–H groups in total. The lowest BCUT2D eigenvalue weighted by atomic mass is 10.0. The summed E-state index contributed by atoms with van der Waals surface area (Å²) in [5.41, 5.74) is 5.68. The van der Waals surface area contributed by atoms with Crippen LogP contribution in [0.3, 0.4) is 0 Å². The van der Waals surface area contributed by atoms with E-state index in [-0.39, 0.29) is 23.6 Å². The summed E-state index contributed by atoms with van der Waals surface area (Å²) in [5, 5.41) is 4.38. The van der Waals surface area contributed by atoms with Gasteiger partial charge in [0.1, 0.15) is 18.1 Å². The van der Waals surface area contributed by atoms with Gasteiger partial charge in [-0.2, -0.15) is 0 Å². The first-order valence-corrected chi connectivity index (χ1v) is 8.31. The van der Waals surface area contributed by atoms with Crippen molar-refractivity contribution >= 4 is 22.6 Å². The lowest BCUT2D eigenvalue weighted by molar-refractivity contribution is -0.119. The zero-order valence-electron chi connectivity index (χ0n) is 14.3. The highest BCUT2D eigenvalue weighted by atomic mass is 16.5. The molecule has 0 unspecified atom stereocenters. The third-order valence-corrected chi connectivity index (χ3v) is 3.98. The Morgan fingerprint density at radius 3 is 2.84 bits per heavy atom. The van der Waals surface area contributed by atoms with E-state index in [1.54, 1.807) is 6.07 Å². The first-order valence-electron chi connectivity index (χ1n) is 8.31. The van der Waals surface area contributed by atoms with Crippen LogP contribution in [0.25, 0.3) is 10.8 Å². The molecule has 1 aliphatic rings. The number of nitrogens with two attached hydrogens (primary N) is 1. The van der Waals surface area contributed by atoms with Gasteiger partial charge in [-0.15, -0.1) is 0 Å². The summed E-state index contributed by atoms with van der Waals surface area (Å²) >= 11 is 0. The minimum atomic E-state index is -0.586. The molecule has 1 saturated heterocycles. The van der Waals surface area contributed by atoms with Crippen LogP contribution in [0.2, 0.25) is 0 Å². The predicted octanol–water partition coefficient (Wildman–Crippen LogP) is 2.18. The van der Waals surface area contributed by atoms with E-state index in [9.17, 15) is 9.59 Å². The number of amides is 2. The van der Waals surface area contributed by atoms with Crippen LogP contribution in [0, 0.1) is 6.07 Å². The molecule has 3 rings (SSSR count). The van der Waals surface area contributed by atoms with E-state index in [0.29, 0.717) is 24.5 Å². The van der Waals surface area contributed by atoms with Crippen LogP contribution in [0.15, 0.2) is 24.3 Å². The van der Waals surface area contributed by atoms with Gasteiger partial charge in [0.2, 0.25) is 5.91 Å². The molecule has 1 atom stereocenters. The van der Waals surface area contributed by atoms with Gasteiger partial charge in [-0.3, -0.25) is 9.59 Å². The summed E-state index contributed by atoms with van der Waals surface area (Å²) in [5.74, 6) is 0.510. The molecule has 0 saturated carbocycles. The van der Waals surface area contributed by atoms with Crippen molar-refractivity contribution in [3.63, 3.8) is 0 Å². The fourth-order valence-corrected chi connectivity index (χ4v) is 2.85. The Hall–Kier alpha value is -2.76. The van der Waals surface area contributed by atoms with Crippen LogP contribution in [0.4, 0.5) is 0 Å². The fourth-order valence-electron chi connectivity index (χ4n) is 2.85. The van der Waals surface area contributed by atoms with Crippen molar-refractivity contribution in [1.29, 1.82) is 0 Å². The molecule has 25 heavy (non-hydrogen) atoms. The number of benzene rings is 2. The van der Waals surface area contributed by atoms with Gasteiger partial charge in [0.25, 0.3) is 5.91 Å². The summed E-state index contributed by atoms with van der Waals surface area (Å²) in [4.78, 5) is 23.0. The zero-order chi connectivity index (χ0) is 18.0. The molecule has 0 aliphatic carbocycles. The maximum atomic E-state index is 11.7. The number of primary amides is 1. The largest absolute Gasteiger partial charge is 0.491 e. The highest BCUT2D eigenvalue weighted by Gasteiger charge is 2.22. The second-order valence-corrected chi connectivity index (χ2v) is 6.37. The van der Waals surface area contributed by atoms with Crippen LogP contribution in [0.1, 0.15) is 37.0 Å². The molecule has 6 heteroatoms. The zero-order valence-corrected chi connectivity index (χ0v) is 14.3. The minimum Gasteiger partial charge on any atom is -0.491 e. The van der Waals surface area contributed by atoms with E-state index in [2.05, 4.69) is 11.4 Å². The third kappa shape index (κ3) is 3.84. The minimum absolute atomic E-state index is 0.0167. The molecule has 0 bridgehead atoms. The third-order valence-electron chi connectivity index (χ3n) is 3.98. The Labute approximate surface area is 146 Å². The highest BCUT2D eigenvalue weighted by molar-refractivity contribution is 6.01. The number of hydrogen-bond acceptors (Lipinski definition) is 4. The molecule has 2 amide bonds. The molecule has 0 aromatic heterocycles. The van der Waals surface area contributed by atoms with Crippen molar-refractivity contribution in [1.82, 2.24) is 5.32 Å². The number of carbonyl (C=O) groups excluding carboxylic acids is 2. The fraction of sp³-hybridized carbons (Fsp3) is 0.368. The molecule has 1 heterocycles. The molecule has 2 aromatic rings. The first-order chi connectivity index (χ1) is 11.9. The Kier molecular flexibility index (Phi) is 4.79. The van der Waals surface area contributed by atoms with E-state index < -0.39 is 5.91 Å². The second-order valence-electron chi connectivity index (χ2n) is 6.37. The molecular formula is C19H21N2O4. The quantitative estimate of drug-likeness (QED) is 0.842. The SMILES string of the molecule is CC(C)Oc1cc2c(OC[C@@H]3CCC(=O)N3)cccc2[c]c1C(N)=O. The molecule has 1 radical (unpaired) electrons. The smallest absolute Gasteiger partial charge is 0.253 e. The van der Waals surface area contributed by atoms with Crippen molar-refractivity contribution < 1.29 is 19.1 Å². The van der Waals surface area contributed by atoms with Crippen LogP contribution in [0.5, 0.6) is 11.5 Å². The Balaban J connectivity index is 1.93. The van der Waals surface area contributed by atoms with Gasteiger partial charge in [-0.25, -0.2) is 0 Å². The van der Waals surface area contributed by atoms with Gasteiger partial charge in [-0.1, -0.05) is 12.1 Å². The average Bonchev–Trinajstić information content (AvgIpc) is 2.97. The van der Waals surface area contributed by atoms with Crippen LogP contribution >= 0.6 is 0 Å².